The van der Waals surface area contributed by atoms with Gasteiger partial charge >= 0.3 is 0 Å². The zero-order valence-corrected chi connectivity index (χ0v) is 12.5. The highest BCUT2D eigenvalue weighted by molar-refractivity contribution is 8.26. The molecular formula is C15H15NOS2. The van der Waals surface area contributed by atoms with Gasteiger partial charge in [0.05, 0.1) is 4.91 Å². The van der Waals surface area contributed by atoms with E-state index in [1.807, 2.05) is 62.4 Å². The van der Waals surface area contributed by atoms with Crippen LogP contribution in [0.2, 0.25) is 0 Å². The number of thioether (sulfide) groups is 1. The number of nitrogens with zero attached hydrogens (tertiary/aromatic N) is 1. The molecule has 0 saturated carbocycles. The van der Waals surface area contributed by atoms with Gasteiger partial charge in [-0.3, -0.25) is 9.69 Å². The standard InChI is InChI=1S/C15H15NOS2/c1-11(2)16-14(17)13(19-15(16)18)10-6-9-12-7-4-3-5-8-12/h3-11H,1-2H3/b9-6+,13-10-. The minimum absolute atomic E-state index is 0.00251. The summed E-state index contributed by atoms with van der Waals surface area (Å²) in [7, 11) is 0. The summed E-state index contributed by atoms with van der Waals surface area (Å²) in [5.41, 5.74) is 1.11. The second-order valence-electron chi connectivity index (χ2n) is 4.44. The normalized spacial score (nSPS) is 18.3. The molecule has 2 nitrogen and oxygen atoms in total. The smallest absolute Gasteiger partial charge is 0.266 e. The number of rotatable bonds is 3. The average Bonchev–Trinajstić information content (AvgIpc) is 2.66. The summed E-state index contributed by atoms with van der Waals surface area (Å²) in [4.78, 5) is 14.5. The molecule has 1 aromatic carbocycles. The van der Waals surface area contributed by atoms with Crippen molar-refractivity contribution < 1.29 is 4.79 Å². The van der Waals surface area contributed by atoms with E-state index in [0.29, 0.717) is 9.23 Å². The first-order valence-corrected chi connectivity index (χ1v) is 7.31. The van der Waals surface area contributed by atoms with Gasteiger partial charge in [0.25, 0.3) is 5.91 Å². The fraction of sp³-hybridized carbons (Fsp3) is 0.200. The Bertz CT molecular complexity index is 547. The number of allylic oxidation sites excluding steroid dienone is 2. The molecule has 1 aromatic rings. The SMILES string of the molecule is CC(C)N1C(=O)/C(=C/C=C/c2ccccc2)SC1=S. The van der Waals surface area contributed by atoms with Crippen LogP contribution in [0.4, 0.5) is 0 Å². The third kappa shape index (κ3) is 3.33. The second-order valence-corrected chi connectivity index (χ2v) is 6.11. The van der Waals surface area contributed by atoms with Gasteiger partial charge in [0.15, 0.2) is 0 Å². The maximum atomic E-state index is 12.1. The predicted octanol–water partition coefficient (Wildman–Crippen LogP) is 3.85. The molecule has 1 saturated heterocycles. The van der Waals surface area contributed by atoms with Gasteiger partial charge in [-0.25, -0.2) is 0 Å². The van der Waals surface area contributed by atoms with Crippen molar-refractivity contribution in [1.29, 1.82) is 0 Å². The molecule has 1 heterocycles. The van der Waals surface area contributed by atoms with E-state index in [4.69, 9.17) is 12.2 Å². The summed E-state index contributed by atoms with van der Waals surface area (Å²) in [6.45, 7) is 3.93. The third-order valence-electron chi connectivity index (χ3n) is 2.68. The Morgan fingerprint density at radius 1 is 1.26 bits per heavy atom. The Labute approximate surface area is 123 Å². The fourth-order valence-electron chi connectivity index (χ4n) is 1.75. The van der Waals surface area contributed by atoms with Crippen molar-refractivity contribution in [2.45, 2.75) is 19.9 Å². The molecule has 0 spiro atoms. The molecule has 98 valence electrons. The number of amides is 1. The lowest BCUT2D eigenvalue weighted by molar-refractivity contribution is -0.123. The molecule has 0 N–H and O–H groups in total. The highest BCUT2D eigenvalue weighted by atomic mass is 32.2. The molecule has 0 radical (unpaired) electrons. The van der Waals surface area contributed by atoms with Crippen LogP contribution in [0.3, 0.4) is 0 Å². The van der Waals surface area contributed by atoms with E-state index in [2.05, 4.69) is 0 Å². The van der Waals surface area contributed by atoms with Gasteiger partial charge in [-0.05, 0) is 25.5 Å². The molecule has 1 aliphatic rings. The van der Waals surface area contributed by atoms with Crippen LogP contribution < -0.4 is 0 Å². The summed E-state index contributed by atoms with van der Waals surface area (Å²) in [5.74, 6) is 0.00251. The summed E-state index contributed by atoms with van der Waals surface area (Å²) in [5, 5.41) is 0. The van der Waals surface area contributed by atoms with Gasteiger partial charge in [-0.1, -0.05) is 66.5 Å². The third-order valence-corrected chi connectivity index (χ3v) is 4.02. The maximum absolute atomic E-state index is 12.1. The Balaban J connectivity index is 2.11. The van der Waals surface area contributed by atoms with Crippen LogP contribution >= 0.6 is 24.0 Å². The van der Waals surface area contributed by atoms with E-state index in [1.54, 1.807) is 4.90 Å². The van der Waals surface area contributed by atoms with Crippen molar-refractivity contribution in [2.75, 3.05) is 0 Å². The number of carbonyl (C=O) groups is 1. The molecule has 0 unspecified atom stereocenters. The Hall–Kier alpha value is -1.39. The molecule has 0 aliphatic carbocycles. The van der Waals surface area contributed by atoms with Crippen LogP contribution in [0.25, 0.3) is 6.08 Å². The number of thiocarbonyl (C=S) groups is 1. The number of benzene rings is 1. The van der Waals surface area contributed by atoms with Crippen LogP contribution in [0.5, 0.6) is 0 Å². The van der Waals surface area contributed by atoms with Crippen LogP contribution in [-0.2, 0) is 4.79 Å². The Kier molecular flexibility index (Phi) is 4.56. The highest BCUT2D eigenvalue weighted by Crippen LogP contribution is 2.32. The first-order valence-electron chi connectivity index (χ1n) is 6.08. The number of hydrogen-bond donors (Lipinski definition) is 0. The number of hydrogen-bond acceptors (Lipinski definition) is 3. The molecule has 2 rings (SSSR count). The number of carbonyl (C=O) groups excluding carboxylic acids is 1. The topological polar surface area (TPSA) is 20.3 Å². The second kappa shape index (κ2) is 6.17. The predicted molar refractivity (Wildman–Crippen MR) is 85.7 cm³/mol. The van der Waals surface area contributed by atoms with E-state index in [-0.39, 0.29) is 11.9 Å². The van der Waals surface area contributed by atoms with Gasteiger partial charge < -0.3 is 0 Å². The molecule has 0 atom stereocenters. The molecule has 1 aliphatic heterocycles. The van der Waals surface area contributed by atoms with E-state index in [1.165, 1.54) is 11.8 Å². The average molecular weight is 289 g/mol. The molecule has 4 heteroatoms. The molecule has 19 heavy (non-hydrogen) atoms. The summed E-state index contributed by atoms with van der Waals surface area (Å²) in [6, 6.07) is 10.1. The van der Waals surface area contributed by atoms with Crippen LogP contribution in [0.15, 0.2) is 47.4 Å². The van der Waals surface area contributed by atoms with E-state index in [0.717, 1.165) is 5.56 Å². The lowest BCUT2D eigenvalue weighted by Crippen LogP contribution is -2.34. The monoisotopic (exact) mass is 289 g/mol. The van der Waals surface area contributed by atoms with Crippen molar-refractivity contribution >= 4 is 40.3 Å². The van der Waals surface area contributed by atoms with Crippen LogP contribution in [0.1, 0.15) is 19.4 Å². The van der Waals surface area contributed by atoms with Gasteiger partial charge in [0.2, 0.25) is 0 Å². The van der Waals surface area contributed by atoms with Crippen molar-refractivity contribution in [1.82, 2.24) is 4.90 Å². The van der Waals surface area contributed by atoms with Crippen molar-refractivity contribution in [2.24, 2.45) is 0 Å². The van der Waals surface area contributed by atoms with E-state index < -0.39 is 0 Å². The Morgan fingerprint density at radius 2 is 1.95 bits per heavy atom. The van der Waals surface area contributed by atoms with Crippen LogP contribution in [-0.4, -0.2) is 21.2 Å². The molecular weight excluding hydrogens is 274 g/mol. The zero-order chi connectivity index (χ0) is 13.8. The summed E-state index contributed by atoms with van der Waals surface area (Å²) >= 11 is 6.58. The minimum atomic E-state index is 0.00251. The first kappa shape index (κ1) is 14.0. The van der Waals surface area contributed by atoms with Gasteiger partial charge in [0.1, 0.15) is 4.32 Å². The summed E-state index contributed by atoms with van der Waals surface area (Å²) in [6.07, 6.45) is 5.69. The quantitative estimate of drug-likeness (QED) is 0.622. The van der Waals surface area contributed by atoms with E-state index in [9.17, 15) is 4.79 Å². The van der Waals surface area contributed by atoms with Crippen molar-refractivity contribution in [3.63, 3.8) is 0 Å². The first-order chi connectivity index (χ1) is 9.09. The Morgan fingerprint density at radius 3 is 2.53 bits per heavy atom. The molecule has 1 amide bonds. The lowest BCUT2D eigenvalue weighted by atomic mass is 10.2. The minimum Gasteiger partial charge on any atom is -0.290 e. The zero-order valence-electron chi connectivity index (χ0n) is 10.9. The van der Waals surface area contributed by atoms with E-state index >= 15 is 0 Å². The fourth-order valence-corrected chi connectivity index (χ4v) is 3.23. The molecule has 0 aromatic heterocycles. The van der Waals surface area contributed by atoms with Crippen molar-refractivity contribution in [3.8, 4) is 0 Å². The van der Waals surface area contributed by atoms with Crippen molar-refractivity contribution in [3.05, 3.63) is 53.0 Å². The van der Waals surface area contributed by atoms with Crippen LogP contribution in [0, 0.1) is 0 Å². The van der Waals surface area contributed by atoms with Gasteiger partial charge in [0, 0.05) is 6.04 Å². The van der Waals surface area contributed by atoms with Gasteiger partial charge in [-0.15, -0.1) is 0 Å². The lowest BCUT2D eigenvalue weighted by Gasteiger charge is -2.18. The molecule has 1 fully saturated rings. The maximum Gasteiger partial charge on any atom is 0.266 e. The largest absolute Gasteiger partial charge is 0.290 e. The van der Waals surface area contributed by atoms with Gasteiger partial charge in [-0.2, -0.15) is 0 Å². The summed E-state index contributed by atoms with van der Waals surface area (Å²) < 4.78 is 0.638. The molecule has 0 bridgehead atoms. The highest BCUT2D eigenvalue weighted by Gasteiger charge is 2.33.